The van der Waals surface area contributed by atoms with Crippen LogP contribution in [-0.2, 0) is 37.5 Å². The fourth-order valence-corrected chi connectivity index (χ4v) is 3.93. The molecule has 166 valence electrons. The molecule has 1 amide bonds. The molecular weight excluding hydrogens is 430 g/mol. The minimum Gasteiger partial charge on any atom is -0.459 e. The summed E-state index contributed by atoms with van der Waals surface area (Å²) in [6.45, 7) is 1.39. The van der Waals surface area contributed by atoms with Gasteiger partial charge < -0.3 is 14.2 Å². The fraction of sp³-hybridized carbons (Fsp3) is 0.167. The van der Waals surface area contributed by atoms with E-state index in [9.17, 15) is 18.0 Å². The molecule has 0 aliphatic rings. The molecule has 0 aliphatic carbocycles. The van der Waals surface area contributed by atoms with Crippen LogP contribution in [0.4, 0.5) is 0 Å². The van der Waals surface area contributed by atoms with Crippen molar-refractivity contribution in [2.45, 2.75) is 30.9 Å². The zero-order valence-corrected chi connectivity index (χ0v) is 18.2. The lowest BCUT2D eigenvalue weighted by Gasteiger charge is -2.17. The van der Waals surface area contributed by atoms with Crippen LogP contribution in [0.15, 0.2) is 89.8 Å². The first-order chi connectivity index (χ1) is 15.3. The first-order valence-electron chi connectivity index (χ1n) is 9.89. The number of esters is 1. The normalized spacial score (nSPS) is 11.9. The lowest BCUT2D eigenvalue weighted by Crippen LogP contribution is -2.42. The van der Waals surface area contributed by atoms with Gasteiger partial charge in [0.05, 0.1) is 0 Å². The number of hydrogen-bond acceptors (Lipinski definition) is 6. The van der Waals surface area contributed by atoms with E-state index in [1.54, 1.807) is 30.3 Å². The van der Waals surface area contributed by atoms with Gasteiger partial charge in [-0.2, -0.15) is 8.42 Å². The van der Waals surface area contributed by atoms with Gasteiger partial charge in [0.2, 0.25) is 5.91 Å². The van der Waals surface area contributed by atoms with E-state index in [0.717, 1.165) is 5.56 Å². The molecule has 0 saturated heterocycles. The molecule has 1 atom stereocenters. The van der Waals surface area contributed by atoms with Crippen LogP contribution in [0, 0.1) is 0 Å². The number of nitrogens with one attached hydrogen (secondary N) is 1. The average molecular weight is 454 g/mol. The van der Waals surface area contributed by atoms with Crippen molar-refractivity contribution < 1.29 is 26.9 Å². The summed E-state index contributed by atoms with van der Waals surface area (Å²) >= 11 is 0. The van der Waals surface area contributed by atoms with Gasteiger partial charge in [0.1, 0.15) is 23.3 Å². The number of rotatable bonds is 9. The molecule has 3 aromatic rings. The summed E-state index contributed by atoms with van der Waals surface area (Å²) in [6, 6.07) is 22.4. The van der Waals surface area contributed by atoms with Gasteiger partial charge in [0.25, 0.3) is 0 Å². The van der Waals surface area contributed by atoms with Crippen LogP contribution in [0.2, 0.25) is 0 Å². The minimum absolute atomic E-state index is 0.0333. The molecule has 8 heteroatoms. The molecule has 0 unspecified atom stereocenters. The summed E-state index contributed by atoms with van der Waals surface area (Å²) in [5, 5.41) is 2.59. The van der Waals surface area contributed by atoms with Gasteiger partial charge in [-0.1, -0.05) is 60.7 Å². The van der Waals surface area contributed by atoms with E-state index in [2.05, 4.69) is 5.32 Å². The van der Waals surface area contributed by atoms with Crippen molar-refractivity contribution in [2.24, 2.45) is 0 Å². The quantitative estimate of drug-likeness (QED) is 0.395. The predicted octanol–water partition coefficient (Wildman–Crippen LogP) is 3.24. The van der Waals surface area contributed by atoms with Crippen molar-refractivity contribution in [3.05, 3.63) is 96.1 Å². The van der Waals surface area contributed by atoms with Crippen molar-refractivity contribution in [2.75, 3.05) is 0 Å². The molecule has 0 saturated carbocycles. The molecule has 32 heavy (non-hydrogen) atoms. The van der Waals surface area contributed by atoms with Crippen LogP contribution < -0.4 is 9.50 Å². The van der Waals surface area contributed by atoms with E-state index < -0.39 is 22.1 Å². The second kappa shape index (κ2) is 10.6. The number of carbonyl (C=O) groups is 2. The van der Waals surface area contributed by atoms with Crippen LogP contribution in [0.3, 0.4) is 0 Å². The Hall–Kier alpha value is -3.65. The molecule has 0 fully saturated rings. The molecule has 0 radical (unpaired) electrons. The van der Waals surface area contributed by atoms with Gasteiger partial charge >= 0.3 is 16.1 Å². The summed E-state index contributed by atoms with van der Waals surface area (Å²) in [4.78, 5) is 24.2. The van der Waals surface area contributed by atoms with Gasteiger partial charge in [-0.3, -0.25) is 4.79 Å². The summed E-state index contributed by atoms with van der Waals surface area (Å²) in [7, 11) is -3.99. The van der Waals surface area contributed by atoms with E-state index in [0.29, 0.717) is 5.56 Å². The highest BCUT2D eigenvalue weighted by Crippen LogP contribution is 2.20. The highest BCUT2D eigenvalue weighted by atomic mass is 32.2. The van der Waals surface area contributed by atoms with Gasteiger partial charge in [0, 0.05) is 13.3 Å². The summed E-state index contributed by atoms with van der Waals surface area (Å²) in [5.41, 5.74) is 1.42. The maximum absolute atomic E-state index is 12.6. The third kappa shape index (κ3) is 6.68. The van der Waals surface area contributed by atoms with Crippen molar-refractivity contribution in [1.82, 2.24) is 5.32 Å². The lowest BCUT2D eigenvalue weighted by atomic mass is 10.1. The Morgan fingerprint density at radius 2 is 1.50 bits per heavy atom. The average Bonchev–Trinajstić information content (AvgIpc) is 2.78. The number of benzene rings is 3. The van der Waals surface area contributed by atoms with Gasteiger partial charge in [-0.25, -0.2) is 4.79 Å². The minimum atomic E-state index is -3.99. The lowest BCUT2D eigenvalue weighted by molar-refractivity contribution is -0.149. The third-order valence-electron chi connectivity index (χ3n) is 4.46. The van der Waals surface area contributed by atoms with Gasteiger partial charge in [-0.05, 0) is 35.4 Å². The van der Waals surface area contributed by atoms with E-state index >= 15 is 0 Å². The van der Waals surface area contributed by atoms with Crippen LogP contribution in [0.5, 0.6) is 5.75 Å². The Morgan fingerprint density at radius 1 is 0.875 bits per heavy atom. The highest BCUT2D eigenvalue weighted by molar-refractivity contribution is 7.87. The van der Waals surface area contributed by atoms with Crippen molar-refractivity contribution in [1.29, 1.82) is 0 Å². The van der Waals surface area contributed by atoms with Crippen molar-refractivity contribution in [3.63, 3.8) is 0 Å². The summed E-state index contributed by atoms with van der Waals surface area (Å²) in [6.07, 6.45) is 0.107. The molecule has 0 aromatic heterocycles. The maximum Gasteiger partial charge on any atom is 0.339 e. The SMILES string of the molecule is CC(=O)N[C@@H](Cc1cccc(OS(=O)(=O)c2ccccc2)c1)C(=O)OCc1ccccc1. The first-order valence-corrected chi connectivity index (χ1v) is 11.3. The number of ether oxygens (including phenoxy) is 1. The van der Waals surface area contributed by atoms with Crippen LogP contribution in [0.1, 0.15) is 18.1 Å². The molecule has 3 aromatic carbocycles. The molecule has 0 heterocycles. The number of carbonyl (C=O) groups excluding carboxylic acids is 2. The molecule has 3 rings (SSSR count). The van der Waals surface area contributed by atoms with Gasteiger partial charge in [-0.15, -0.1) is 0 Å². The van der Waals surface area contributed by atoms with E-state index in [4.69, 9.17) is 8.92 Å². The maximum atomic E-state index is 12.6. The molecular formula is C24H23NO6S. The Bertz CT molecular complexity index is 1160. The van der Waals surface area contributed by atoms with Crippen LogP contribution in [-0.4, -0.2) is 26.3 Å². The molecule has 0 aliphatic heterocycles. The number of hydrogen-bond donors (Lipinski definition) is 1. The van der Waals surface area contributed by atoms with Crippen LogP contribution >= 0.6 is 0 Å². The summed E-state index contributed by atoms with van der Waals surface area (Å²) < 4.78 is 35.5. The second-order valence-electron chi connectivity index (χ2n) is 7.05. The molecule has 1 N–H and O–H groups in total. The largest absolute Gasteiger partial charge is 0.459 e. The molecule has 7 nitrogen and oxygen atoms in total. The summed E-state index contributed by atoms with van der Waals surface area (Å²) in [5.74, 6) is -0.872. The smallest absolute Gasteiger partial charge is 0.339 e. The van der Waals surface area contributed by atoms with E-state index in [1.807, 2.05) is 30.3 Å². The Labute approximate surface area is 187 Å². The topological polar surface area (TPSA) is 98.8 Å². The second-order valence-corrected chi connectivity index (χ2v) is 8.59. The zero-order chi connectivity index (χ0) is 23.0. The standard InChI is InChI=1S/C24H23NO6S/c1-18(26)25-23(24(27)30-17-19-9-4-2-5-10-19)16-20-11-8-12-21(15-20)31-32(28,29)22-13-6-3-7-14-22/h2-15,23H,16-17H2,1H3,(H,25,26)/t23-/m0/s1. The zero-order valence-electron chi connectivity index (χ0n) is 17.4. The molecule has 0 bridgehead atoms. The third-order valence-corrected chi connectivity index (χ3v) is 5.72. The van der Waals surface area contributed by atoms with E-state index in [1.165, 1.54) is 31.2 Å². The van der Waals surface area contributed by atoms with E-state index in [-0.39, 0.29) is 29.6 Å². The predicted molar refractivity (Wildman–Crippen MR) is 118 cm³/mol. The number of amides is 1. The first kappa shape index (κ1) is 23.0. The molecule has 0 spiro atoms. The Morgan fingerprint density at radius 3 is 2.16 bits per heavy atom. The Balaban J connectivity index is 1.71. The Kier molecular flexibility index (Phi) is 7.62. The monoisotopic (exact) mass is 453 g/mol. The van der Waals surface area contributed by atoms with Gasteiger partial charge in [0.15, 0.2) is 0 Å². The fourth-order valence-electron chi connectivity index (χ4n) is 2.99. The highest BCUT2D eigenvalue weighted by Gasteiger charge is 2.22. The van der Waals surface area contributed by atoms with Crippen molar-refractivity contribution >= 4 is 22.0 Å². The van der Waals surface area contributed by atoms with Crippen LogP contribution in [0.25, 0.3) is 0 Å². The van der Waals surface area contributed by atoms with Crippen molar-refractivity contribution in [3.8, 4) is 5.75 Å².